The van der Waals surface area contributed by atoms with Crippen LogP contribution in [0.2, 0.25) is 18.1 Å². The highest BCUT2D eigenvalue weighted by molar-refractivity contribution is 7.09. The molecule has 0 saturated carbocycles. The quantitative estimate of drug-likeness (QED) is 0.131. The molecule has 0 aliphatic carbocycles. The lowest BCUT2D eigenvalue weighted by Crippen LogP contribution is -2.44. The van der Waals surface area contributed by atoms with Crippen LogP contribution in [-0.2, 0) is 14.0 Å². The SMILES string of the molecule is C#CCCCONC(CC(O[Si](C)(C)C(C)(C)C)c1nc(C(=O)OCC)cs1)C(C)C. The maximum absolute atomic E-state index is 12.1. The number of hydrogen-bond acceptors (Lipinski definition) is 7. The zero-order chi connectivity index (χ0) is 23.7. The molecule has 176 valence electrons. The molecule has 8 heteroatoms. The van der Waals surface area contributed by atoms with E-state index >= 15 is 0 Å². The van der Waals surface area contributed by atoms with Crippen molar-refractivity contribution in [2.24, 2.45) is 5.92 Å². The molecule has 1 aromatic heterocycles. The Balaban J connectivity index is 3.06. The summed E-state index contributed by atoms with van der Waals surface area (Å²) in [5.41, 5.74) is 3.54. The zero-order valence-electron chi connectivity index (χ0n) is 20.4. The summed E-state index contributed by atoms with van der Waals surface area (Å²) in [4.78, 5) is 22.4. The topological polar surface area (TPSA) is 69.7 Å². The van der Waals surface area contributed by atoms with E-state index in [1.54, 1.807) is 12.3 Å². The third-order valence-electron chi connectivity index (χ3n) is 5.60. The number of hydrogen-bond donors (Lipinski definition) is 1. The molecule has 31 heavy (non-hydrogen) atoms. The van der Waals surface area contributed by atoms with Gasteiger partial charge in [-0.3, -0.25) is 0 Å². The van der Waals surface area contributed by atoms with Crippen LogP contribution < -0.4 is 5.48 Å². The molecule has 0 aromatic carbocycles. The van der Waals surface area contributed by atoms with E-state index in [0.717, 1.165) is 11.4 Å². The monoisotopic (exact) mass is 468 g/mol. The summed E-state index contributed by atoms with van der Waals surface area (Å²) in [7, 11) is -2.07. The van der Waals surface area contributed by atoms with Crippen molar-refractivity contribution in [1.29, 1.82) is 0 Å². The van der Waals surface area contributed by atoms with Gasteiger partial charge >= 0.3 is 5.97 Å². The van der Waals surface area contributed by atoms with Gasteiger partial charge in [0.05, 0.1) is 19.3 Å². The second-order valence-electron chi connectivity index (χ2n) is 9.52. The first-order valence-electron chi connectivity index (χ1n) is 11.0. The Kier molecular flexibility index (Phi) is 11.4. The fraction of sp³-hybridized carbons (Fsp3) is 0.739. The Morgan fingerprint density at radius 3 is 2.58 bits per heavy atom. The molecular weight excluding hydrogens is 428 g/mol. The lowest BCUT2D eigenvalue weighted by atomic mass is 9.99. The van der Waals surface area contributed by atoms with Crippen LogP contribution in [0.25, 0.3) is 0 Å². The number of hydroxylamine groups is 1. The minimum atomic E-state index is -2.07. The molecule has 1 aromatic rings. The van der Waals surface area contributed by atoms with Gasteiger partial charge in [0, 0.05) is 17.8 Å². The number of rotatable bonds is 13. The highest BCUT2D eigenvalue weighted by Gasteiger charge is 2.41. The molecule has 1 heterocycles. The van der Waals surface area contributed by atoms with E-state index in [2.05, 4.69) is 64.1 Å². The summed E-state index contributed by atoms with van der Waals surface area (Å²) in [6.45, 7) is 18.1. The molecule has 0 spiro atoms. The van der Waals surface area contributed by atoms with E-state index < -0.39 is 14.3 Å². The van der Waals surface area contributed by atoms with Crippen LogP contribution in [-0.4, -0.2) is 38.5 Å². The van der Waals surface area contributed by atoms with Crippen molar-refractivity contribution >= 4 is 25.6 Å². The van der Waals surface area contributed by atoms with Crippen molar-refractivity contribution in [2.75, 3.05) is 13.2 Å². The molecule has 0 fully saturated rings. The third-order valence-corrected chi connectivity index (χ3v) is 11.0. The van der Waals surface area contributed by atoms with E-state index in [9.17, 15) is 4.79 Å². The molecule has 0 amide bonds. The second kappa shape index (κ2) is 12.7. The zero-order valence-corrected chi connectivity index (χ0v) is 22.2. The van der Waals surface area contributed by atoms with Crippen molar-refractivity contribution in [3.8, 4) is 12.3 Å². The Morgan fingerprint density at radius 2 is 2.03 bits per heavy atom. The second-order valence-corrected chi connectivity index (χ2v) is 15.2. The first-order chi connectivity index (χ1) is 14.4. The van der Waals surface area contributed by atoms with Crippen LogP contribution >= 0.6 is 11.3 Å². The maximum atomic E-state index is 12.1. The number of aromatic nitrogens is 1. The molecule has 2 unspecified atom stereocenters. The van der Waals surface area contributed by atoms with Gasteiger partial charge < -0.3 is 14.0 Å². The predicted molar refractivity (Wildman–Crippen MR) is 129 cm³/mol. The van der Waals surface area contributed by atoms with Crippen molar-refractivity contribution < 1.29 is 18.8 Å². The van der Waals surface area contributed by atoms with E-state index in [1.807, 2.05) is 0 Å². The van der Waals surface area contributed by atoms with Gasteiger partial charge in [0.1, 0.15) is 5.01 Å². The fourth-order valence-corrected chi connectivity index (χ4v) is 4.75. The van der Waals surface area contributed by atoms with Gasteiger partial charge in [-0.2, -0.15) is 5.48 Å². The summed E-state index contributed by atoms with van der Waals surface area (Å²) in [6.07, 6.45) is 7.27. The van der Waals surface area contributed by atoms with Gasteiger partial charge in [0.25, 0.3) is 0 Å². The molecule has 0 aliphatic rings. The van der Waals surface area contributed by atoms with Crippen LogP contribution in [0, 0.1) is 18.3 Å². The average molecular weight is 469 g/mol. The summed E-state index contributed by atoms with van der Waals surface area (Å²) in [5, 5.41) is 2.61. The number of ether oxygens (including phenoxy) is 1. The Labute approximate surface area is 193 Å². The van der Waals surface area contributed by atoms with Gasteiger partial charge in [-0.15, -0.1) is 23.7 Å². The summed E-state index contributed by atoms with van der Waals surface area (Å²) >= 11 is 1.45. The molecule has 1 rings (SSSR count). The number of esters is 1. The molecule has 0 aliphatic heterocycles. The van der Waals surface area contributed by atoms with E-state index in [4.69, 9.17) is 20.4 Å². The van der Waals surface area contributed by atoms with Crippen LogP contribution in [0.1, 0.15) is 82.4 Å². The van der Waals surface area contributed by atoms with Gasteiger partial charge in [-0.1, -0.05) is 34.6 Å². The maximum Gasteiger partial charge on any atom is 0.357 e. The van der Waals surface area contributed by atoms with Crippen LogP contribution in [0.3, 0.4) is 0 Å². The van der Waals surface area contributed by atoms with Crippen molar-refractivity contribution in [1.82, 2.24) is 10.5 Å². The summed E-state index contributed by atoms with van der Waals surface area (Å²) < 4.78 is 11.9. The number of carbonyl (C=O) groups is 1. The molecule has 1 N–H and O–H groups in total. The van der Waals surface area contributed by atoms with E-state index in [-0.39, 0.29) is 17.2 Å². The number of carbonyl (C=O) groups excluding carboxylic acids is 1. The van der Waals surface area contributed by atoms with Gasteiger partial charge in [0.2, 0.25) is 0 Å². The van der Waals surface area contributed by atoms with E-state index in [0.29, 0.717) is 37.7 Å². The van der Waals surface area contributed by atoms with Gasteiger partial charge in [-0.05, 0) is 43.8 Å². The van der Waals surface area contributed by atoms with Crippen molar-refractivity contribution in [3.63, 3.8) is 0 Å². The van der Waals surface area contributed by atoms with E-state index in [1.165, 1.54) is 11.3 Å². The third kappa shape index (κ3) is 9.03. The van der Waals surface area contributed by atoms with Crippen LogP contribution in [0.15, 0.2) is 5.38 Å². The summed E-state index contributed by atoms with van der Waals surface area (Å²) in [6, 6.07) is 0.0653. The smallest absolute Gasteiger partial charge is 0.357 e. The molecule has 0 saturated heterocycles. The van der Waals surface area contributed by atoms with Crippen LogP contribution in [0.5, 0.6) is 0 Å². The minimum absolute atomic E-state index is 0.0545. The normalized spacial score (nSPS) is 14.3. The van der Waals surface area contributed by atoms with Gasteiger partial charge in [-0.25, -0.2) is 9.78 Å². The Bertz CT molecular complexity index is 722. The number of thiazole rings is 1. The highest BCUT2D eigenvalue weighted by atomic mass is 32.1. The Morgan fingerprint density at radius 1 is 1.35 bits per heavy atom. The Hall–Kier alpha value is -1.24. The summed E-state index contributed by atoms with van der Waals surface area (Å²) in [5.74, 6) is 2.55. The fourth-order valence-electron chi connectivity index (χ4n) is 2.57. The molecular formula is C23H40N2O4SSi. The number of nitrogens with one attached hydrogen (secondary N) is 1. The highest BCUT2D eigenvalue weighted by Crippen LogP contribution is 2.41. The number of nitrogens with zero attached hydrogens (tertiary/aromatic N) is 1. The van der Waals surface area contributed by atoms with Crippen LogP contribution in [0.4, 0.5) is 0 Å². The minimum Gasteiger partial charge on any atom is -0.461 e. The van der Waals surface area contributed by atoms with Crippen molar-refractivity contribution in [2.45, 2.75) is 91.1 Å². The first-order valence-corrected chi connectivity index (χ1v) is 14.8. The molecule has 2 atom stereocenters. The largest absolute Gasteiger partial charge is 0.461 e. The van der Waals surface area contributed by atoms with Crippen molar-refractivity contribution in [3.05, 3.63) is 16.1 Å². The molecule has 0 radical (unpaired) electrons. The predicted octanol–water partition coefficient (Wildman–Crippen LogP) is 5.73. The number of terminal acetylenes is 1. The standard InChI is InChI=1S/C23H40N2O4SSi/c1-10-12-13-14-28-25-18(17(3)4)15-20(29-31(8,9)23(5,6)7)21-24-19(16-30-21)22(26)27-11-2/h1,16-18,20,25H,11-15H2,2-9H3. The van der Waals surface area contributed by atoms with Gasteiger partial charge in [0.15, 0.2) is 14.0 Å². The first kappa shape index (κ1) is 27.8. The lowest BCUT2D eigenvalue weighted by Gasteiger charge is -2.40. The average Bonchev–Trinajstić information content (AvgIpc) is 3.15. The molecule has 0 bridgehead atoms. The lowest BCUT2D eigenvalue weighted by molar-refractivity contribution is -0.00940. The number of unbranched alkanes of at least 4 members (excludes halogenated alkanes) is 1. The molecule has 6 nitrogen and oxygen atoms in total.